The zero-order valence-electron chi connectivity index (χ0n) is 20.7. The van der Waals surface area contributed by atoms with E-state index in [-0.39, 0.29) is 5.41 Å². The van der Waals surface area contributed by atoms with E-state index in [2.05, 4.69) is 64.1 Å². The Balaban J connectivity index is 2.04. The molecule has 2 aromatic carbocycles. The van der Waals surface area contributed by atoms with Crippen molar-refractivity contribution in [3.8, 4) is 5.75 Å². The van der Waals surface area contributed by atoms with E-state index in [0.29, 0.717) is 5.75 Å². The number of hydrogen-bond donors (Lipinski definition) is 1. The summed E-state index contributed by atoms with van der Waals surface area (Å²) in [7, 11) is 0. The molecule has 1 N–H and O–H groups in total. The predicted octanol–water partition coefficient (Wildman–Crippen LogP) is 9.13. The maximum absolute atomic E-state index is 10.9. The summed E-state index contributed by atoms with van der Waals surface area (Å²) in [5.41, 5.74) is 5.03. The highest BCUT2D eigenvalue weighted by atomic mass is 16.3. The fourth-order valence-electron chi connectivity index (χ4n) is 4.95. The molecule has 0 aliphatic rings. The molecule has 0 unspecified atom stereocenters. The number of hydrogen-bond acceptors (Lipinski definition) is 1. The van der Waals surface area contributed by atoms with Crippen LogP contribution in [0.4, 0.5) is 0 Å². The van der Waals surface area contributed by atoms with Gasteiger partial charge in [-0.15, -0.1) is 0 Å². The van der Waals surface area contributed by atoms with Gasteiger partial charge in [-0.2, -0.15) is 0 Å². The van der Waals surface area contributed by atoms with Crippen LogP contribution in [0.5, 0.6) is 5.75 Å². The first-order valence-corrected chi connectivity index (χ1v) is 12.9. The van der Waals surface area contributed by atoms with Gasteiger partial charge < -0.3 is 5.11 Å². The van der Waals surface area contributed by atoms with Crippen molar-refractivity contribution in [2.75, 3.05) is 0 Å². The second-order valence-corrected chi connectivity index (χ2v) is 9.77. The lowest BCUT2D eigenvalue weighted by molar-refractivity contribution is 0.449. The van der Waals surface area contributed by atoms with Crippen molar-refractivity contribution in [1.82, 2.24) is 0 Å². The fourth-order valence-corrected chi connectivity index (χ4v) is 4.95. The van der Waals surface area contributed by atoms with Gasteiger partial charge in [0.2, 0.25) is 0 Å². The van der Waals surface area contributed by atoms with Crippen LogP contribution in [-0.2, 0) is 18.3 Å². The number of rotatable bonds is 15. The van der Waals surface area contributed by atoms with Gasteiger partial charge in [0.25, 0.3) is 0 Å². The Morgan fingerprint density at radius 2 is 1.23 bits per heavy atom. The van der Waals surface area contributed by atoms with E-state index < -0.39 is 0 Å². The van der Waals surface area contributed by atoms with E-state index in [1.165, 1.54) is 80.9 Å². The molecule has 0 saturated carbocycles. The molecule has 0 atom stereocenters. The third kappa shape index (κ3) is 7.70. The molecule has 0 aliphatic carbocycles. The molecule has 0 fully saturated rings. The van der Waals surface area contributed by atoms with Crippen LogP contribution in [0.25, 0.3) is 0 Å². The molecule has 31 heavy (non-hydrogen) atoms. The molecule has 0 aromatic heterocycles. The summed E-state index contributed by atoms with van der Waals surface area (Å²) in [5.74, 6) is 0.454. The molecule has 1 heteroatoms. The summed E-state index contributed by atoms with van der Waals surface area (Å²) >= 11 is 0. The van der Waals surface area contributed by atoms with Crippen LogP contribution in [0.3, 0.4) is 0 Å². The monoisotopic (exact) mass is 422 g/mol. The largest absolute Gasteiger partial charge is 0.508 e. The van der Waals surface area contributed by atoms with Crippen molar-refractivity contribution >= 4 is 0 Å². The molecule has 0 heterocycles. The van der Waals surface area contributed by atoms with Gasteiger partial charge in [-0.3, -0.25) is 0 Å². The number of aryl methyl sites for hydroxylation is 1. The van der Waals surface area contributed by atoms with Crippen molar-refractivity contribution in [3.63, 3.8) is 0 Å². The molecule has 2 aromatic rings. The molecule has 0 saturated heterocycles. The molecular weight excluding hydrogens is 376 g/mol. The zero-order valence-corrected chi connectivity index (χ0v) is 20.7. The van der Waals surface area contributed by atoms with Crippen LogP contribution in [0, 0.1) is 0 Å². The van der Waals surface area contributed by atoms with Crippen molar-refractivity contribution in [2.24, 2.45) is 0 Å². The van der Waals surface area contributed by atoms with Crippen molar-refractivity contribution in [2.45, 2.75) is 117 Å². The summed E-state index contributed by atoms with van der Waals surface area (Å²) in [5, 5.41) is 10.9. The normalized spacial score (nSPS) is 11.7. The van der Waals surface area contributed by atoms with Crippen LogP contribution in [-0.4, -0.2) is 5.11 Å². The average molecular weight is 423 g/mol. The maximum Gasteiger partial charge on any atom is 0.119 e. The van der Waals surface area contributed by atoms with Crippen molar-refractivity contribution < 1.29 is 5.11 Å². The summed E-state index contributed by atoms with van der Waals surface area (Å²) < 4.78 is 0. The molecule has 0 spiro atoms. The average Bonchev–Trinajstić information content (AvgIpc) is 2.77. The molecule has 0 bridgehead atoms. The first-order chi connectivity index (χ1) is 15.0. The lowest BCUT2D eigenvalue weighted by Crippen LogP contribution is -2.22. The minimum absolute atomic E-state index is 0.205. The van der Waals surface area contributed by atoms with Gasteiger partial charge >= 0.3 is 0 Å². The molecule has 2 rings (SSSR count). The van der Waals surface area contributed by atoms with Gasteiger partial charge in [0.1, 0.15) is 5.75 Å². The van der Waals surface area contributed by atoms with Crippen molar-refractivity contribution in [1.29, 1.82) is 0 Å². The van der Waals surface area contributed by atoms with Gasteiger partial charge in [-0.05, 0) is 42.0 Å². The van der Waals surface area contributed by atoms with Crippen molar-refractivity contribution in [3.05, 3.63) is 64.7 Å². The van der Waals surface area contributed by atoms with E-state index in [1.807, 2.05) is 6.07 Å². The summed E-state index contributed by atoms with van der Waals surface area (Å²) in [6.45, 7) is 9.05. The summed E-state index contributed by atoms with van der Waals surface area (Å²) in [4.78, 5) is 0. The lowest BCUT2D eigenvalue weighted by Gasteiger charge is -2.31. The Bertz CT molecular complexity index is 745. The molecule has 172 valence electrons. The minimum Gasteiger partial charge on any atom is -0.508 e. The van der Waals surface area contributed by atoms with Gasteiger partial charge in [-0.25, -0.2) is 0 Å². The number of phenolic OH excluding ortho intramolecular Hbond substituents is 1. The van der Waals surface area contributed by atoms with Crippen LogP contribution in [0.1, 0.15) is 121 Å². The Morgan fingerprint density at radius 3 is 1.81 bits per heavy atom. The smallest absolute Gasteiger partial charge is 0.119 e. The third-order valence-corrected chi connectivity index (χ3v) is 6.81. The first kappa shape index (κ1) is 25.5. The van der Waals surface area contributed by atoms with Gasteiger partial charge in [0.15, 0.2) is 0 Å². The quantitative estimate of drug-likeness (QED) is 0.284. The predicted molar refractivity (Wildman–Crippen MR) is 136 cm³/mol. The summed E-state index contributed by atoms with van der Waals surface area (Å²) in [6.07, 6.45) is 16.9. The molecule has 0 aliphatic heterocycles. The number of aromatic hydroxyl groups is 1. The number of unbranched alkanes of at least 4 members (excludes halogenated alkanes) is 9. The van der Waals surface area contributed by atoms with E-state index in [0.717, 1.165) is 24.8 Å². The first-order valence-electron chi connectivity index (χ1n) is 12.9. The zero-order chi connectivity index (χ0) is 22.5. The van der Waals surface area contributed by atoms with Gasteiger partial charge in [-0.1, -0.05) is 128 Å². The van der Waals surface area contributed by atoms with E-state index in [1.54, 1.807) is 0 Å². The molecule has 0 amide bonds. The second kappa shape index (κ2) is 13.6. The highest BCUT2D eigenvalue weighted by molar-refractivity contribution is 5.53. The number of benzene rings is 2. The van der Waals surface area contributed by atoms with Gasteiger partial charge in [0.05, 0.1) is 0 Å². The highest BCUT2D eigenvalue weighted by Crippen LogP contribution is 2.41. The van der Waals surface area contributed by atoms with Crippen LogP contribution < -0.4 is 0 Å². The van der Waals surface area contributed by atoms with Crippen LogP contribution in [0.15, 0.2) is 42.5 Å². The van der Waals surface area contributed by atoms with E-state index in [4.69, 9.17) is 0 Å². The fraction of sp³-hybridized carbons (Fsp3) is 0.600. The lowest BCUT2D eigenvalue weighted by atomic mass is 9.73. The maximum atomic E-state index is 10.9. The van der Waals surface area contributed by atoms with Crippen LogP contribution in [0.2, 0.25) is 0 Å². The Labute approximate surface area is 192 Å². The SMILES string of the molecule is CCCCCCCCCCCCc1c(CCC)ccc(O)c1C(C)(C)c1ccccc1. The molecular formula is C30H46O. The van der Waals surface area contributed by atoms with Crippen LogP contribution >= 0.6 is 0 Å². The number of phenols is 1. The molecule has 0 radical (unpaired) electrons. The Hall–Kier alpha value is -1.76. The second-order valence-electron chi connectivity index (χ2n) is 9.77. The van der Waals surface area contributed by atoms with E-state index >= 15 is 0 Å². The minimum atomic E-state index is -0.205. The standard InChI is InChI=1S/C30H46O/c1-5-7-8-9-10-11-12-13-14-18-22-27-25(19-6-2)23-24-28(31)29(27)30(3,4)26-20-16-15-17-21-26/h15-17,20-21,23-24,31H,5-14,18-19,22H2,1-4H3. The van der Waals surface area contributed by atoms with Gasteiger partial charge in [0, 0.05) is 11.0 Å². The topological polar surface area (TPSA) is 20.2 Å². The van der Waals surface area contributed by atoms with E-state index in [9.17, 15) is 5.11 Å². The molecule has 1 nitrogen and oxygen atoms in total. The Morgan fingerprint density at radius 1 is 0.645 bits per heavy atom. The third-order valence-electron chi connectivity index (χ3n) is 6.81. The Kier molecular flexibility index (Phi) is 11.2. The summed E-state index contributed by atoms with van der Waals surface area (Å²) in [6, 6.07) is 14.7. The highest BCUT2D eigenvalue weighted by Gasteiger charge is 2.29.